The molecule has 0 radical (unpaired) electrons. The predicted molar refractivity (Wildman–Crippen MR) is 124 cm³/mol. The minimum atomic E-state index is -4.23. The molecule has 0 spiro atoms. The molecule has 7 nitrogen and oxygen atoms in total. The summed E-state index contributed by atoms with van der Waals surface area (Å²) in [5.41, 5.74) is 0.526. The Bertz CT molecular complexity index is 1280. The van der Waals surface area contributed by atoms with E-state index in [1.807, 2.05) is 35.1 Å². The van der Waals surface area contributed by atoms with Gasteiger partial charge in [-0.25, -0.2) is 13.4 Å². The van der Waals surface area contributed by atoms with Gasteiger partial charge in [0.2, 0.25) is 0 Å². The van der Waals surface area contributed by atoms with Crippen LogP contribution in [0.1, 0.15) is 25.8 Å². The molecule has 0 unspecified atom stereocenters. The largest absolute Gasteiger partial charge is 0.494 e. The van der Waals surface area contributed by atoms with Gasteiger partial charge >= 0.3 is 10.2 Å². The zero-order valence-corrected chi connectivity index (χ0v) is 19.2. The van der Waals surface area contributed by atoms with Crippen molar-refractivity contribution in [1.29, 1.82) is 0 Å². The fraction of sp³-hybridized carbons (Fsp3) is 0.292. The number of benzene rings is 3. The molecule has 0 saturated carbocycles. The van der Waals surface area contributed by atoms with Crippen molar-refractivity contribution < 1.29 is 27.1 Å². The average molecular weight is 473 g/mol. The highest BCUT2D eigenvalue weighted by molar-refractivity contribution is 7.92. The number of rotatable bonds is 8. The van der Waals surface area contributed by atoms with Crippen molar-refractivity contribution in [2.75, 3.05) is 17.5 Å². The smallest absolute Gasteiger partial charge is 0.326 e. The Balaban J connectivity index is 1.76. The van der Waals surface area contributed by atoms with Crippen LogP contribution in [0.4, 0.5) is 10.1 Å². The second-order valence-corrected chi connectivity index (χ2v) is 9.86. The number of carbonyl (C=O) groups excluding carboxylic acids is 1. The van der Waals surface area contributed by atoms with Gasteiger partial charge in [0.15, 0.2) is 5.82 Å². The van der Waals surface area contributed by atoms with Crippen molar-refractivity contribution in [2.24, 2.45) is 5.92 Å². The number of halogens is 1. The zero-order valence-electron chi connectivity index (χ0n) is 18.4. The van der Waals surface area contributed by atoms with Crippen molar-refractivity contribution in [3.05, 3.63) is 66.0 Å². The second kappa shape index (κ2) is 9.27. The molecule has 1 fully saturated rings. The number of anilines is 1. The number of nitrogens with zero attached hydrogens (tertiary/aromatic N) is 1. The molecule has 174 valence electrons. The molecular weight excluding hydrogens is 447 g/mol. The number of ether oxygens (including phenoxy) is 2. The third-order valence-electron chi connectivity index (χ3n) is 5.26. The maximum absolute atomic E-state index is 15.7. The van der Waals surface area contributed by atoms with Crippen LogP contribution < -0.4 is 18.5 Å². The highest BCUT2D eigenvalue weighted by atomic mass is 32.2. The van der Waals surface area contributed by atoms with Crippen LogP contribution in [0.2, 0.25) is 0 Å². The molecule has 1 aliphatic rings. The number of carbonyl (C=O) groups is 1. The highest BCUT2D eigenvalue weighted by Crippen LogP contribution is 2.40. The standard InChI is InChI=1S/C24H25FN2O5S/c1-16(2)10-11-31-19-8-9-20-18(12-19)13-21(32-15-17-6-4-3-5-7-17)24(23(20)25)27-14-22(28)26-33(27,29)30/h3-9,12-13,16H,10-11,14-15H2,1-2H3,(H,26,28). The van der Waals surface area contributed by atoms with E-state index in [0.29, 0.717) is 28.0 Å². The minimum absolute atomic E-state index is 0.0169. The summed E-state index contributed by atoms with van der Waals surface area (Å²) in [6.07, 6.45) is 0.880. The summed E-state index contributed by atoms with van der Waals surface area (Å²) < 4.78 is 54.9. The molecule has 0 aliphatic carbocycles. The number of amides is 1. The lowest BCUT2D eigenvalue weighted by atomic mass is 10.1. The molecule has 1 heterocycles. The van der Waals surface area contributed by atoms with Crippen LogP contribution in [0.25, 0.3) is 10.8 Å². The van der Waals surface area contributed by atoms with E-state index in [4.69, 9.17) is 9.47 Å². The first-order valence-corrected chi connectivity index (χ1v) is 12.1. The molecule has 4 rings (SSSR count). The number of fused-ring (bicyclic) bond motifs is 1. The van der Waals surface area contributed by atoms with Crippen LogP contribution in [0, 0.1) is 11.7 Å². The molecule has 1 amide bonds. The summed E-state index contributed by atoms with van der Waals surface area (Å²) in [4.78, 5) is 11.8. The molecule has 1 saturated heterocycles. The van der Waals surface area contributed by atoms with Crippen LogP contribution in [0.3, 0.4) is 0 Å². The summed E-state index contributed by atoms with van der Waals surface area (Å²) in [6.45, 7) is 4.30. The fourth-order valence-electron chi connectivity index (χ4n) is 3.53. The monoisotopic (exact) mass is 472 g/mol. The van der Waals surface area contributed by atoms with Crippen molar-refractivity contribution in [2.45, 2.75) is 26.9 Å². The molecule has 0 aromatic heterocycles. The van der Waals surface area contributed by atoms with Crippen molar-refractivity contribution in [1.82, 2.24) is 4.72 Å². The molecule has 0 bridgehead atoms. The molecule has 1 N–H and O–H groups in total. The van der Waals surface area contributed by atoms with Gasteiger partial charge in [-0.3, -0.25) is 4.79 Å². The van der Waals surface area contributed by atoms with Gasteiger partial charge in [0, 0.05) is 5.39 Å². The van der Waals surface area contributed by atoms with Crippen LogP contribution in [-0.2, 0) is 21.6 Å². The number of hydrogen-bond donors (Lipinski definition) is 1. The first-order chi connectivity index (χ1) is 15.7. The van der Waals surface area contributed by atoms with E-state index >= 15 is 4.39 Å². The second-order valence-electron chi connectivity index (χ2n) is 8.26. The Kier molecular flexibility index (Phi) is 6.42. The van der Waals surface area contributed by atoms with Crippen LogP contribution >= 0.6 is 0 Å². The molecule has 3 aromatic rings. The Hall–Kier alpha value is -3.33. The molecular formula is C24H25FN2O5S. The van der Waals surface area contributed by atoms with E-state index in [0.717, 1.165) is 12.0 Å². The van der Waals surface area contributed by atoms with Crippen molar-refractivity contribution in [3.63, 3.8) is 0 Å². The van der Waals surface area contributed by atoms with Crippen molar-refractivity contribution in [3.8, 4) is 11.5 Å². The highest BCUT2D eigenvalue weighted by Gasteiger charge is 2.38. The summed E-state index contributed by atoms with van der Waals surface area (Å²) in [5, 5.41) is 0.694. The van der Waals surface area contributed by atoms with Crippen LogP contribution in [0.15, 0.2) is 54.6 Å². The van der Waals surface area contributed by atoms with Gasteiger partial charge in [0.1, 0.15) is 30.3 Å². The summed E-state index contributed by atoms with van der Waals surface area (Å²) in [7, 11) is -4.23. The first kappa shape index (κ1) is 22.8. The Morgan fingerprint density at radius 3 is 2.52 bits per heavy atom. The predicted octanol–water partition coefficient (Wildman–Crippen LogP) is 4.16. The molecule has 9 heteroatoms. The van der Waals surface area contributed by atoms with Crippen LogP contribution in [0.5, 0.6) is 11.5 Å². The Labute approximate surface area is 192 Å². The van der Waals surface area contributed by atoms with Crippen LogP contribution in [-0.4, -0.2) is 27.5 Å². The van der Waals surface area contributed by atoms with Gasteiger partial charge in [0.25, 0.3) is 5.91 Å². The minimum Gasteiger partial charge on any atom is -0.494 e. The summed E-state index contributed by atoms with van der Waals surface area (Å²) in [5.74, 6) is -0.442. The zero-order chi connectivity index (χ0) is 23.6. The Morgan fingerprint density at radius 2 is 1.85 bits per heavy atom. The maximum Gasteiger partial charge on any atom is 0.326 e. The SMILES string of the molecule is CC(C)CCOc1ccc2c(F)c(N3CC(=O)NS3(=O)=O)c(OCc3ccccc3)cc2c1. The normalized spacial score (nSPS) is 15.2. The van der Waals surface area contributed by atoms with Gasteiger partial charge in [0.05, 0.1) is 6.61 Å². The van der Waals surface area contributed by atoms with E-state index in [1.54, 1.807) is 18.2 Å². The van der Waals surface area contributed by atoms with Gasteiger partial charge in [-0.1, -0.05) is 44.2 Å². The lowest BCUT2D eigenvalue weighted by Gasteiger charge is -2.21. The summed E-state index contributed by atoms with van der Waals surface area (Å²) in [6, 6.07) is 15.7. The maximum atomic E-state index is 15.7. The van der Waals surface area contributed by atoms with E-state index in [2.05, 4.69) is 13.8 Å². The molecule has 3 aromatic carbocycles. The van der Waals surface area contributed by atoms with E-state index in [1.165, 1.54) is 6.07 Å². The molecule has 1 aliphatic heterocycles. The molecule has 0 atom stereocenters. The number of hydrogen-bond acceptors (Lipinski definition) is 5. The first-order valence-electron chi connectivity index (χ1n) is 10.6. The van der Waals surface area contributed by atoms with Crippen molar-refractivity contribution >= 4 is 32.6 Å². The lowest BCUT2D eigenvalue weighted by molar-refractivity contribution is -0.117. The van der Waals surface area contributed by atoms with E-state index in [-0.39, 0.29) is 23.4 Å². The topological polar surface area (TPSA) is 84.9 Å². The molecule has 33 heavy (non-hydrogen) atoms. The fourth-order valence-corrected chi connectivity index (χ4v) is 4.69. The summed E-state index contributed by atoms with van der Waals surface area (Å²) >= 11 is 0. The average Bonchev–Trinajstić information content (AvgIpc) is 3.04. The van der Waals surface area contributed by atoms with Gasteiger partial charge in [-0.15, -0.1) is 0 Å². The third kappa shape index (κ3) is 5.03. The number of nitrogens with one attached hydrogen (secondary N) is 1. The quantitative estimate of drug-likeness (QED) is 0.532. The van der Waals surface area contributed by atoms with E-state index in [9.17, 15) is 13.2 Å². The Morgan fingerprint density at radius 1 is 1.09 bits per heavy atom. The lowest BCUT2D eigenvalue weighted by Crippen LogP contribution is -2.30. The van der Waals surface area contributed by atoms with Gasteiger partial charge in [-0.05, 0) is 47.6 Å². The van der Waals surface area contributed by atoms with E-state index < -0.39 is 28.5 Å². The van der Waals surface area contributed by atoms with Gasteiger partial charge in [-0.2, -0.15) is 8.42 Å². The third-order valence-corrected chi connectivity index (χ3v) is 6.64. The van der Waals surface area contributed by atoms with Gasteiger partial charge < -0.3 is 9.47 Å².